The van der Waals surface area contributed by atoms with Crippen LogP contribution in [0, 0.1) is 5.82 Å². The van der Waals surface area contributed by atoms with Crippen molar-refractivity contribution in [1.82, 2.24) is 5.32 Å². The number of hydrogen-bond acceptors (Lipinski definition) is 2. The Morgan fingerprint density at radius 1 is 1.53 bits per heavy atom. The van der Waals surface area contributed by atoms with Crippen molar-refractivity contribution in [2.45, 2.75) is 25.3 Å². The molecule has 2 N–H and O–H groups in total. The van der Waals surface area contributed by atoms with E-state index in [1.165, 1.54) is 12.1 Å². The predicted octanol–water partition coefficient (Wildman–Crippen LogP) is 2.33. The first-order valence-corrected chi connectivity index (χ1v) is 5.53. The molecule has 1 aliphatic heterocycles. The van der Waals surface area contributed by atoms with Crippen LogP contribution in [0.4, 0.5) is 10.1 Å². The highest BCUT2D eigenvalue weighted by Gasteiger charge is 2.17. The van der Waals surface area contributed by atoms with Gasteiger partial charge in [0, 0.05) is 18.2 Å². The Kier molecular flexibility index (Phi) is 5.38. The number of anilines is 1. The summed E-state index contributed by atoms with van der Waals surface area (Å²) in [6.07, 6.45) is 2.62. The molecule has 1 amide bonds. The Balaban J connectivity index is 0.00000144. The van der Waals surface area contributed by atoms with Crippen molar-refractivity contribution in [2.24, 2.45) is 0 Å². The topological polar surface area (TPSA) is 41.1 Å². The van der Waals surface area contributed by atoms with Crippen LogP contribution in [0.1, 0.15) is 19.3 Å². The van der Waals surface area contributed by atoms with Crippen LogP contribution in [-0.4, -0.2) is 18.5 Å². The van der Waals surface area contributed by atoms with Gasteiger partial charge in [-0.15, -0.1) is 12.4 Å². The van der Waals surface area contributed by atoms with Gasteiger partial charge in [-0.1, -0.05) is 6.07 Å². The zero-order valence-electron chi connectivity index (χ0n) is 9.41. The monoisotopic (exact) mass is 258 g/mol. The summed E-state index contributed by atoms with van der Waals surface area (Å²) in [5.41, 5.74) is 0.517. The maximum atomic E-state index is 12.9. The Morgan fingerprint density at radius 2 is 2.35 bits per heavy atom. The van der Waals surface area contributed by atoms with Gasteiger partial charge >= 0.3 is 0 Å². The number of hydrogen-bond donors (Lipinski definition) is 2. The molecule has 0 spiro atoms. The van der Waals surface area contributed by atoms with Crippen LogP contribution in [0.5, 0.6) is 0 Å². The van der Waals surface area contributed by atoms with Crippen molar-refractivity contribution in [3.05, 3.63) is 30.1 Å². The van der Waals surface area contributed by atoms with E-state index in [1.54, 1.807) is 12.1 Å². The van der Waals surface area contributed by atoms with Crippen molar-refractivity contribution in [3.8, 4) is 0 Å². The quantitative estimate of drug-likeness (QED) is 0.874. The van der Waals surface area contributed by atoms with Gasteiger partial charge in [-0.25, -0.2) is 4.39 Å². The predicted molar refractivity (Wildman–Crippen MR) is 67.9 cm³/mol. The first-order valence-electron chi connectivity index (χ1n) is 5.53. The summed E-state index contributed by atoms with van der Waals surface area (Å²) in [7, 11) is 0. The molecule has 0 aromatic heterocycles. The second-order valence-electron chi connectivity index (χ2n) is 4.06. The fourth-order valence-electron chi connectivity index (χ4n) is 1.93. The molecule has 5 heteroatoms. The second kappa shape index (κ2) is 6.57. The van der Waals surface area contributed by atoms with Crippen LogP contribution in [0.25, 0.3) is 0 Å². The summed E-state index contributed by atoms with van der Waals surface area (Å²) in [5.74, 6) is -0.401. The van der Waals surface area contributed by atoms with E-state index in [0.29, 0.717) is 12.1 Å². The van der Waals surface area contributed by atoms with Gasteiger partial charge in [0.05, 0.1) is 0 Å². The van der Waals surface area contributed by atoms with Gasteiger partial charge in [0.25, 0.3) is 0 Å². The third-order valence-electron chi connectivity index (χ3n) is 2.70. The maximum absolute atomic E-state index is 12.9. The van der Waals surface area contributed by atoms with Crippen LogP contribution in [-0.2, 0) is 4.79 Å². The van der Waals surface area contributed by atoms with Crippen molar-refractivity contribution in [3.63, 3.8) is 0 Å². The molecular formula is C12H16ClFN2O. The molecular weight excluding hydrogens is 243 g/mol. The minimum atomic E-state index is -0.336. The van der Waals surface area contributed by atoms with Crippen LogP contribution >= 0.6 is 12.4 Å². The van der Waals surface area contributed by atoms with Gasteiger partial charge in [0.1, 0.15) is 5.82 Å². The third kappa shape index (κ3) is 4.32. The average molecular weight is 259 g/mol. The van der Waals surface area contributed by atoms with Gasteiger partial charge in [0.15, 0.2) is 0 Å². The molecule has 0 radical (unpaired) electrons. The zero-order chi connectivity index (χ0) is 11.4. The summed E-state index contributed by atoms with van der Waals surface area (Å²) in [5, 5.41) is 5.94. The molecule has 17 heavy (non-hydrogen) atoms. The van der Waals surface area contributed by atoms with Crippen molar-refractivity contribution in [2.75, 3.05) is 11.9 Å². The van der Waals surface area contributed by atoms with E-state index in [4.69, 9.17) is 0 Å². The number of halogens is 2. The van der Waals surface area contributed by atoms with E-state index in [-0.39, 0.29) is 30.2 Å². The molecule has 0 bridgehead atoms. The Bertz CT molecular complexity index is 381. The van der Waals surface area contributed by atoms with E-state index >= 15 is 0 Å². The number of carbonyl (C=O) groups is 1. The van der Waals surface area contributed by atoms with Crippen molar-refractivity contribution < 1.29 is 9.18 Å². The van der Waals surface area contributed by atoms with Gasteiger partial charge in [0.2, 0.25) is 5.91 Å². The molecule has 94 valence electrons. The minimum absolute atomic E-state index is 0. The van der Waals surface area contributed by atoms with Gasteiger partial charge in [-0.2, -0.15) is 0 Å². The Labute approximate surface area is 106 Å². The standard InChI is InChI=1S/C12H15FN2O.ClH/c13-9-3-1-4-11(7-9)15-12(16)8-10-5-2-6-14-10;/h1,3-4,7,10,14H,2,5-6,8H2,(H,15,16);1H. The van der Waals surface area contributed by atoms with Crippen LogP contribution < -0.4 is 10.6 Å². The number of nitrogens with one attached hydrogen (secondary N) is 2. The van der Waals surface area contributed by atoms with E-state index in [0.717, 1.165) is 19.4 Å². The van der Waals surface area contributed by atoms with E-state index < -0.39 is 0 Å². The van der Waals surface area contributed by atoms with Gasteiger partial charge in [-0.3, -0.25) is 4.79 Å². The highest BCUT2D eigenvalue weighted by molar-refractivity contribution is 5.91. The first kappa shape index (κ1) is 13.9. The fraction of sp³-hybridized carbons (Fsp3) is 0.417. The number of amides is 1. The van der Waals surface area contributed by atoms with E-state index in [1.807, 2.05) is 0 Å². The fourth-order valence-corrected chi connectivity index (χ4v) is 1.93. The molecule has 0 saturated carbocycles. The Hall–Kier alpha value is -1.13. The Morgan fingerprint density at radius 3 is 3.00 bits per heavy atom. The minimum Gasteiger partial charge on any atom is -0.326 e. The number of benzene rings is 1. The van der Waals surface area contributed by atoms with Crippen molar-refractivity contribution in [1.29, 1.82) is 0 Å². The molecule has 1 saturated heterocycles. The number of rotatable bonds is 3. The second-order valence-corrected chi connectivity index (χ2v) is 4.06. The molecule has 1 aliphatic rings. The lowest BCUT2D eigenvalue weighted by atomic mass is 10.1. The molecule has 1 aromatic carbocycles. The summed E-state index contributed by atoms with van der Waals surface area (Å²) in [4.78, 5) is 11.6. The molecule has 1 atom stereocenters. The lowest BCUT2D eigenvalue weighted by Crippen LogP contribution is -2.27. The average Bonchev–Trinajstić information content (AvgIpc) is 2.70. The lowest BCUT2D eigenvalue weighted by Gasteiger charge is -2.10. The van der Waals surface area contributed by atoms with Crippen LogP contribution in [0.3, 0.4) is 0 Å². The third-order valence-corrected chi connectivity index (χ3v) is 2.70. The van der Waals surface area contributed by atoms with Crippen LogP contribution in [0.2, 0.25) is 0 Å². The molecule has 1 unspecified atom stereocenters. The highest BCUT2D eigenvalue weighted by atomic mass is 35.5. The molecule has 3 nitrogen and oxygen atoms in total. The maximum Gasteiger partial charge on any atom is 0.225 e. The molecule has 1 aromatic rings. The summed E-state index contributed by atoms with van der Waals surface area (Å²) in [6.45, 7) is 0.984. The number of carbonyl (C=O) groups excluding carboxylic acids is 1. The van der Waals surface area contributed by atoms with E-state index in [9.17, 15) is 9.18 Å². The summed E-state index contributed by atoms with van der Waals surface area (Å²) >= 11 is 0. The highest BCUT2D eigenvalue weighted by Crippen LogP contribution is 2.12. The largest absolute Gasteiger partial charge is 0.326 e. The van der Waals surface area contributed by atoms with Crippen molar-refractivity contribution >= 4 is 24.0 Å². The molecule has 1 heterocycles. The smallest absolute Gasteiger partial charge is 0.225 e. The van der Waals surface area contributed by atoms with E-state index in [2.05, 4.69) is 10.6 Å². The van der Waals surface area contributed by atoms with Crippen LogP contribution in [0.15, 0.2) is 24.3 Å². The first-order chi connectivity index (χ1) is 7.74. The normalized spacial score (nSPS) is 18.5. The van der Waals surface area contributed by atoms with Gasteiger partial charge in [-0.05, 0) is 37.6 Å². The molecule has 2 rings (SSSR count). The SMILES string of the molecule is Cl.O=C(CC1CCCN1)Nc1cccc(F)c1. The molecule has 0 aliphatic carbocycles. The summed E-state index contributed by atoms with van der Waals surface area (Å²) < 4.78 is 12.9. The zero-order valence-corrected chi connectivity index (χ0v) is 10.2. The summed E-state index contributed by atoms with van der Waals surface area (Å²) in [6, 6.07) is 6.21. The van der Waals surface area contributed by atoms with Gasteiger partial charge < -0.3 is 10.6 Å². The molecule has 1 fully saturated rings. The lowest BCUT2D eigenvalue weighted by molar-refractivity contribution is -0.116.